The lowest BCUT2D eigenvalue weighted by Gasteiger charge is -2.04. The SMILES string of the molecule is CCOC(=O)C(S)CC. The molecule has 0 aromatic carbocycles. The Kier molecular flexibility index (Phi) is 4.58. The van der Waals surface area contributed by atoms with Gasteiger partial charge in [0.15, 0.2) is 0 Å². The highest BCUT2D eigenvalue weighted by molar-refractivity contribution is 7.81. The first-order valence-electron chi connectivity index (χ1n) is 3.07. The molecule has 54 valence electrons. The number of rotatable bonds is 3. The van der Waals surface area contributed by atoms with Crippen LogP contribution in [0.5, 0.6) is 0 Å². The van der Waals surface area contributed by atoms with Gasteiger partial charge in [-0.3, -0.25) is 4.79 Å². The molecule has 0 aliphatic rings. The lowest BCUT2D eigenvalue weighted by molar-refractivity contribution is -0.142. The Labute approximate surface area is 61.0 Å². The Balaban J connectivity index is 3.46. The standard InChI is InChI=1S/C6H12O2S/c1-3-5(9)6(7)8-4-2/h5,9H,3-4H2,1-2H3. The van der Waals surface area contributed by atoms with E-state index in [1.165, 1.54) is 0 Å². The monoisotopic (exact) mass is 148 g/mol. The molecular weight excluding hydrogens is 136 g/mol. The number of hydrogen-bond donors (Lipinski definition) is 1. The van der Waals surface area contributed by atoms with Crippen molar-refractivity contribution in [3.05, 3.63) is 0 Å². The number of carbonyl (C=O) groups excluding carboxylic acids is 1. The van der Waals surface area contributed by atoms with E-state index in [-0.39, 0.29) is 11.2 Å². The predicted octanol–water partition coefficient (Wildman–Crippen LogP) is 1.26. The summed E-state index contributed by atoms with van der Waals surface area (Å²) in [5.41, 5.74) is 0. The van der Waals surface area contributed by atoms with Crippen molar-refractivity contribution in [3.8, 4) is 0 Å². The van der Waals surface area contributed by atoms with E-state index >= 15 is 0 Å². The molecule has 0 bridgehead atoms. The van der Waals surface area contributed by atoms with Crippen LogP contribution >= 0.6 is 12.6 Å². The summed E-state index contributed by atoms with van der Waals surface area (Å²) in [5.74, 6) is -0.219. The summed E-state index contributed by atoms with van der Waals surface area (Å²) < 4.78 is 4.68. The van der Waals surface area contributed by atoms with E-state index in [1.807, 2.05) is 6.92 Å². The van der Waals surface area contributed by atoms with Gasteiger partial charge in [0, 0.05) is 0 Å². The Hall–Kier alpha value is -0.180. The van der Waals surface area contributed by atoms with Crippen molar-refractivity contribution in [3.63, 3.8) is 0 Å². The normalized spacial score (nSPS) is 12.8. The molecular formula is C6H12O2S. The van der Waals surface area contributed by atoms with Gasteiger partial charge in [0.05, 0.1) is 11.9 Å². The van der Waals surface area contributed by atoms with Crippen LogP contribution in [0, 0.1) is 0 Å². The quantitative estimate of drug-likeness (QED) is 0.481. The van der Waals surface area contributed by atoms with Gasteiger partial charge in [-0.1, -0.05) is 6.92 Å². The number of esters is 1. The van der Waals surface area contributed by atoms with Crippen LogP contribution in [0.3, 0.4) is 0 Å². The summed E-state index contributed by atoms with van der Waals surface area (Å²) in [6.45, 7) is 4.12. The first-order valence-corrected chi connectivity index (χ1v) is 3.58. The summed E-state index contributed by atoms with van der Waals surface area (Å²) in [7, 11) is 0. The van der Waals surface area contributed by atoms with E-state index < -0.39 is 0 Å². The molecule has 0 aromatic heterocycles. The van der Waals surface area contributed by atoms with E-state index in [2.05, 4.69) is 17.4 Å². The third-order valence-corrected chi connectivity index (χ3v) is 1.52. The zero-order valence-corrected chi connectivity index (χ0v) is 6.65. The number of thiol groups is 1. The van der Waals surface area contributed by atoms with Crippen LogP contribution < -0.4 is 0 Å². The molecule has 3 heteroatoms. The lowest BCUT2D eigenvalue weighted by Crippen LogP contribution is -2.16. The van der Waals surface area contributed by atoms with E-state index in [1.54, 1.807) is 6.92 Å². The summed E-state index contributed by atoms with van der Waals surface area (Å²) in [6.07, 6.45) is 0.724. The van der Waals surface area contributed by atoms with Gasteiger partial charge in [-0.15, -0.1) is 0 Å². The van der Waals surface area contributed by atoms with Crippen molar-refractivity contribution in [2.24, 2.45) is 0 Å². The minimum Gasteiger partial charge on any atom is -0.465 e. The summed E-state index contributed by atoms with van der Waals surface area (Å²) in [4.78, 5) is 10.7. The first kappa shape index (κ1) is 8.82. The molecule has 0 amide bonds. The maximum atomic E-state index is 10.7. The Morgan fingerprint density at radius 3 is 2.56 bits per heavy atom. The Morgan fingerprint density at radius 1 is 1.67 bits per heavy atom. The fourth-order valence-corrected chi connectivity index (χ4v) is 0.480. The molecule has 0 aromatic rings. The molecule has 0 heterocycles. The molecule has 1 unspecified atom stereocenters. The van der Waals surface area contributed by atoms with Crippen LogP contribution in [0.1, 0.15) is 20.3 Å². The van der Waals surface area contributed by atoms with Crippen LogP contribution in [0.15, 0.2) is 0 Å². The minimum absolute atomic E-state index is 0.219. The van der Waals surface area contributed by atoms with Gasteiger partial charge in [-0.25, -0.2) is 0 Å². The maximum Gasteiger partial charge on any atom is 0.318 e. The smallest absolute Gasteiger partial charge is 0.318 e. The van der Waals surface area contributed by atoms with E-state index in [9.17, 15) is 4.79 Å². The molecule has 0 rings (SSSR count). The van der Waals surface area contributed by atoms with Gasteiger partial charge in [-0.05, 0) is 13.3 Å². The van der Waals surface area contributed by atoms with Crippen molar-refractivity contribution in [2.75, 3.05) is 6.61 Å². The van der Waals surface area contributed by atoms with Crippen LogP contribution in [0.4, 0.5) is 0 Å². The first-order chi connectivity index (χ1) is 4.22. The number of carbonyl (C=O) groups is 1. The Morgan fingerprint density at radius 2 is 2.22 bits per heavy atom. The molecule has 0 saturated carbocycles. The minimum atomic E-state index is -0.245. The molecule has 0 saturated heterocycles. The highest BCUT2D eigenvalue weighted by atomic mass is 32.1. The van der Waals surface area contributed by atoms with Crippen molar-refractivity contribution < 1.29 is 9.53 Å². The zero-order chi connectivity index (χ0) is 7.28. The molecule has 0 radical (unpaired) electrons. The Bertz CT molecular complexity index is 93.1. The number of hydrogen-bond acceptors (Lipinski definition) is 3. The van der Waals surface area contributed by atoms with E-state index in [4.69, 9.17) is 0 Å². The van der Waals surface area contributed by atoms with Crippen molar-refractivity contribution in [1.29, 1.82) is 0 Å². The van der Waals surface area contributed by atoms with Crippen molar-refractivity contribution in [1.82, 2.24) is 0 Å². The summed E-state index contributed by atoms with van der Waals surface area (Å²) in [5, 5.41) is -0.245. The molecule has 0 aliphatic heterocycles. The van der Waals surface area contributed by atoms with Crippen LogP contribution in [0.2, 0.25) is 0 Å². The maximum absolute atomic E-state index is 10.7. The van der Waals surface area contributed by atoms with Gasteiger partial charge >= 0.3 is 5.97 Å². The number of ether oxygens (including phenoxy) is 1. The molecule has 9 heavy (non-hydrogen) atoms. The third-order valence-electron chi connectivity index (χ3n) is 0.945. The van der Waals surface area contributed by atoms with E-state index in [0.29, 0.717) is 6.61 Å². The fourth-order valence-electron chi connectivity index (χ4n) is 0.405. The molecule has 0 fully saturated rings. The second-order valence-electron chi connectivity index (χ2n) is 1.68. The average Bonchev–Trinajstić information content (AvgIpc) is 1.87. The van der Waals surface area contributed by atoms with Gasteiger partial charge < -0.3 is 4.74 Å². The molecule has 0 spiro atoms. The van der Waals surface area contributed by atoms with Crippen molar-refractivity contribution >= 4 is 18.6 Å². The van der Waals surface area contributed by atoms with Crippen LogP contribution in [-0.4, -0.2) is 17.8 Å². The molecule has 1 atom stereocenters. The third kappa shape index (κ3) is 3.40. The zero-order valence-electron chi connectivity index (χ0n) is 5.76. The highest BCUT2D eigenvalue weighted by Gasteiger charge is 2.10. The van der Waals surface area contributed by atoms with Crippen molar-refractivity contribution in [2.45, 2.75) is 25.5 Å². The summed E-state index contributed by atoms with van der Waals surface area (Å²) >= 11 is 3.98. The van der Waals surface area contributed by atoms with Crippen LogP contribution in [-0.2, 0) is 9.53 Å². The predicted molar refractivity (Wildman–Crippen MR) is 39.7 cm³/mol. The largest absolute Gasteiger partial charge is 0.465 e. The molecule has 0 N–H and O–H groups in total. The molecule has 2 nitrogen and oxygen atoms in total. The van der Waals surface area contributed by atoms with Gasteiger partial charge in [-0.2, -0.15) is 12.6 Å². The summed E-state index contributed by atoms with van der Waals surface area (Å²) in [6, 6.07) is 0. The second kappa shape index (κ2) is 4.68. The second-order valence-corrected chi connectivity index (χ2v) is 2.30. The fraction of sp³-hybridized carbons (Fsp3) is 0.833. The van der Waals surface area contributed by atoms with E-state index in [0.717, 1.165) is 6.42 Å². The topological polar surface area (TPSA) is 26.3 Å². The van der Waals surface area contributed by atoms with Gasteiger partial charge in [0.1, 0.15) is 0 Å². The average molecular weight is 148 g/mol. The highest BCUT2D eigenvalue weighted by Crippen LogP contribution is 2.01. The van der Waals surface area contributed by atoms with Gasteiger partial charge in [0.25, 0.3) is 0 Å². The molecule has 0 aliphatic carbocycles. The van der Waals surface area contributed by atoms with Gasteiger partial charge in [0.2, 0.25) is 0 Å². The van der Waals surface area contributed by atoms with Crippen LogP contribution in [0.25, 0.3) is 0 Å². The lowest BCUT2D eigenvalue weighted by atomic mass is 10.3.